The van der Waals surface area contributed by atoms with Crippen LogP contribution in [0.15, 0.2) is 23.8 Å². The second-order valence-corrected chi connectivity index (χ2v) is 9.59. The number of hydrogen-bond acceptors (Lipinski definition) is 4. The molecule has 5 nitrogen and oxygen atoms in total. The molecule has 0 aromatic rings. The Morgan fingerprint density at radius 2 is 2.04 bits per heavy atom. The second kappa shape index (κ2) is 4.50. The number of fused-ring (bicyclic) bond motifs is 3. The van der Waals surface area contributed by atoms with Gasteiger partial charge in [-0.3, -0.25) is 4.79 Å². The smallest absolute Gasteiger partial charge is 0.336 e. The fourth-order valence-corrected chi connectivity index (χ4v) is 7.44. The van der Waals surface area contributed by atoms with Crippen LogP contribution in [-0.2, 0) is 14.3 Å². The van der Waals surface area contributed by atoms with Crippen LogP contribution in [0, 0.1) is 28.6 Å². The fraction of sp³-hybridized carbons (Fsp3) is 0.714. The lowest BCUT2D eigenvalue weighted by molar-refractivity contribution is -0.183. The average molecular weight is 358 g/mol. The number of carboxylic acid groups (broad SMARTS) is 1. The molecule has 26 heavy (non-hydrogen) atoms. The van der Waals surface area contributed by atoms with Crippen molar-refractivity contribution in [3.8, 4) is 0 Å². The van der Waals surface area contributed by atoms with E-state index in [2.05, 4.69) is 6.92 Å². The van der Waals surface area contributed by atoms with E-state index in [0.717, 1.165) is 18.4 Å². The molecule has 5 rings (SSSR count). The van der Waals surface area contributed by atoms with Crippen molar-refractivity contribution < 1.29 is 24.5 Å². The predicted octanol–water partition coefficient (Wildman–Crippen LogP) is 2.49. The minimum Gasteiger partial charge on any atom is -0.479 e. The number of aliphatic carboxylic acids is 1. The maximum Gasteiger partial charge on any atom is 0.336 e. The summed E-state index contributed by atoms with van der Waals surface area (Å²) < 4.78 is 6.38. The lowest BCUT2D eigenvalue weighted by atomic mass is 9.47. The van der Waals surface area contributed by atoms with Crippen LogP contribution in [0.3, 0.4) is 0 Å². The summed E-state index contributed by atoms with van der Waals surface area (Å²) in [4.78, 5) is 23.9. The van der Waals surface area contributed by atoms with Crippen LogP contribution in [0.2, 0.25) is 0 Å². The number of carbonyl (C=O) groups is 2. The van der Waals surface area contributed by atoms with Crippen molar-refractivity contribution >= 4 is 11.8 Å². The molecule has 0 bridgehead atoms. The van der Waals surface area contributed by atoms with E-state index < -0.39 is 17.0 Å². The number of epoxide rings is 1. The third kappa shape index (κ3) is 1.50. The summed E-state index contributed by atoms with van der Waals surface area (Å²) in [6.07, 6.45) is 8.37. The molecule has 4 fully saturated rings. The van der Waals surface area contributed by atoms with Gasteiger partial charge >= 0.3 is 5.97 Å². The third-order valence-corrected chi connectivity index (χ3v) is 8.84. The van der Waals surface area contributed by atoms with E-state index >= 15 is 0 Å². The number of hydrogen-bond donors (Lipinski definition) is 2. The molecule has 0 radical (unpaired) electrons. The van der Waals surface area contributed by atoms with Gasteiger partial charge in [-0.15, -0.1) is 0 Å². The van der Waals surface area contributed by atoms with E-state index in [1.54, 1.807) is 12.2 Å². The van der Waals surface area contributed by atoms with E-state index in [9.17, 15) is 19.8 Å². The highest BCUT2D eigenvalue weighted by Gasteiger charge is 2.82. The molecule has 5 aliphatic rings. The van der Waals surface area contributed by atoms with E-state index in [0.29, 0.717) is 12.8 Å². The highest BCUT2D eigenvalue weighted by Crippen LogP contribution is 2.76. The first-order valence-electron chi connectivity index (χ1n) is 9.69. The average Bonchev–Trinajstić information content (AvgIpc) is 3.25. The van der Waals surface area contributed by atoms with Gasteiger partial charge in [0, 0.05) is 10.8 Å². The molecule has 0 aromatic carbocycles. The van der Waals surface area contributed by atoms with Gasteiger partial charge in [0.1, 0.15) is 5.60 Å². The normalized spacial score (nSPS) is 56.8. The zero-order chi connectivity index (χ0) is 18.7. The number of ether oxygens (including phenoxy) is 1. The molecule has 3 saturated carbocycles. The molecule has 4 aliphatic carbocycles. The van der Waals surface area contributed by atoms with Gasteiger partial charge < -0.3 is 14.9 Å². The first-order valence-corrected chi connectivity index (χ1v) is 9.69. The molecule has 1 saturated heterocycles. The topological polar surface area (TPSA) is 87.1 Å². The van der Waals surface area contributed by atoms with Crippen LogP contribution in [-0.4, -0.2) is 39.3 Å². The van der Waals surface area contributed by atoms with Crippen LogP contribution in [0.5, 0.6) is 0 Å². The van der Waals surface area contributed by atoms with Gasteiger partial charge in [0.25, 0.3) is 0 Å². The Morgan fingerprint density at radius 3 is 2.73 bits per heavy atom. The maximum atomic E-state index is 12.1. The molecular weight excluding hydrogens is 332 g/mol. The molecule has 5 heteroatoms. The van der Waals surface area contributed by atoms with Crippen molar-refractivity contribution in [1.29, 1.82) is 0 Å². The molecule has 8 atom stereocenters. The zero-order valence-corrected chi connectivity index (χ0v) is 15.5. The number of ketones is 1. The van der Waals surface area contributed by atoms with Gasteiger partial charge in [0.05, 0.1) is 6.10 Å². The Kier molecular flexibility index (Phi) is 2.89. The van der Waals surface area contributed by atoms with Gasteiger partial charge in [0.2, 0.25) is 0 Å². The van der Waals surface area contributed by atoms with E-state index in [-0.39, 0.29) is 40.7 Å². The summed E-state index contributed by atoms with van der Waals surface area (Å²) in [7, 11) is 0. The van der Waals surface area contributed by atoms with Gasteiger partial charge in [0.15, 0.2) is 11.4 Å². The van der Waals surface area contributed by atoms with Gasteiger partial charge in [-0.2, -0.15) is 0 Å². The Balaban J connectivity index is 1.62. The predicted molar refractivity (Wildman–Crippen MR) is 93.2 cm³/mol. The first kappa shape index (κ1) is 16.7. The molecule has 1 heterocycles. The Bertz CT molecular complexity index is 798. The van der Waals surface area contributed by atoms with Gasteiger partial charge in [-0.25, -0.2) is 4.79 Å². The summed E-state index contributed by atoms with van der Waals surface area (Å²) in [5.41, 5.74) is -1.89. The fourth-order valence-electron chi connectivity index (χ4n) is 7.44. The Morgan fingerprint density at radius 1 is 1.31 bits per heavy atom. The molecule has 1 spiro atoms. The number of allylic oxidation sites excluding steroid dienone is 2. The van der Waals surface area contributed by atoms with Gasteiger partial charge in [-0.05, 0) is 62.5 Å². The van der Waals surface area contributed by atoms with E-state index in [4.69, 9.17) is 4.74 Å². The van der Waals surface area contributed by atoms with Crippen LogP contribution in [0.25, 0.3) is 0 Å². The van der Waals surface area contributed by atoms with Crippen LogP contribution < -0.4 is 0 Å². The second-order valence-electron chi connectivity index (χ2n) is 9.59. The summed E-state index contributed by atoms with van der Waals surface area (Å²) >= 11 is 0. The minimum absolute atomic E-state index is 0.0416. The minimum atomic E-state index is -1.70. The quantitative estimate of drug-likeness (QED) is 0.703. The Labute approximate surface area is 153 Å². The maximum absolute atomic E-state index is 12.1. The molecule has 1 aliphatic heterocycles. The molecule has 2 unspecified atom stereocenters. The molecule has 0 amide bonds. The third-order valence-electron chi connectivity index (χ3n) is 8.84. The number of carboxylic acids is 1. The summed E-state index contributed by atoms with van der Waals surface area (Å²) in [6.45, 7) is 5.99. The largest absolute Gasteiger partial charge is 0.479 e. The number of aliphatic hydroxyl groups is 1. The summed E-state index contributed by atoms with van der Waals surface area (Å²) in [5, 5.41) is 21.1. The first-order chi connectivity index (χ1) is 12.1. The van der Waals surface area contributed by atoms with Crippen molar-refractivity contribution in [1.82, 2.24) is 0 Å². The van der Waals surface area contributed by atoms with Gasteiger partial charge in [-0.1, -0.05) is 25.5 Å². The summed E-state index contributed by atoms with van der Waals surface area (Å²) in [5.74, 6) is -1.02. The summed E-state index contributed by atoms with van der Waals surface area (Å²) in [6, 6.07) is 0. The lowest BCUT2D eigenvalue weighted by Crippen LogP contribution is -2.61. The highest BCUT2D eigenvalue weighted by atomic mass is 16.6. The van der Waals surface area contributed by atoms with Crippen molar-refractivity contribution in [3.05, 3.63) is 23.8 Å². The zero-order valence-electron chi connectivity index (χ0n) is 15.5. The van der Waals surface area contributed by atoms with Crippen LogP contribution in [0.1, 0.15) is 46.5 Å². The standard InChI is InChI=1S/C21H26O5/c1-11-8-15-14-5-4-12-9-13(22)6-7-18(12,2)21(14)16(26-21)10-19(15,3)20(11,25)17(23)24/h6-7,9,11,14-16,25H,4-5,8,10H2,1-3H3,(H,23,24)/t11-,14+,15+,16?,18+,19+,20+,21?/m1/s1. The van der Waals surface area contributed by atoms with Crippen molar-refractivity contribution in [3.63, 3.8) is 0 Å². The van der Waals surface area contributed by atoms with Crippen molar-refractivity contribution in [2.24, 2.45) is 28.6 Å². The molecular formula is C21H26O5. The van der Waals surface area contributed by atoms with Crippen molar-refractivity contribution in [2.75, 3.05) is 0 Å². The molecule has 2 N–H and O–H groups in total. The SMILES string of the molecule is C[C@@H]1C[C@H]2[C@@H]3CCC4=CC(=O)C=C[C@]4(C)C34OC4C[C@]2(C)[C@@]1(O)C(=O)O. The number of carbonyl (C=O) groups excluding carboxylic acids is 1. The van der Waals surface area contributed by atoms with E-state index in [1.165, 1.54) is 0 Å². The monoisotopic (exact) mass is 358 g/mol. The Hall–Kier alpha value is -1.46. The lowest BCUT2D eigenvalue weighted by Gasteiger charge is -2.55. The van der Waals surface area contributed by atoms with Crippen LogP contribution in [0.4, 0.5) is 0 Å². The molecule has 140 valence electrons. The van der Waals surface area contributed by atoms with E-state index in [1.807, 2.05) is 19.9 Å². The highest BCUT2D eigenvalue weighted by molar-refractivity contribution is 6.01. The van der Waals surface area contributed by atoms with Crippen molar-refractivity contribution in [2.45, 2.75) is 63.8 Å². The number of rotatable bonds is 1. The molecule has 0 aromatic heterocycles. The van der Waals surface area contributed by atoms with Crippen LogP contribution >= 0.6 is 0 Å².